The summed E-state index contributed by atoms with van der Waals surface area (Å²) in [7, 11) is 0. The molecule has 7 nitrogen and oxygen atoms in total. The summed E-state index contributed by atoms with van der Waals surface area (Å²) in [5.41, 5.74) is 4.54. The monoisotopic (exact) mass is 377 g/mol. The maximum absolute atomic E-state index is 14.3. The molecule has 0 spiro atoms. The molecule has 0 unspecified atom stereocenters. The van der Waals surface area contributed by atoms with Crippen molar-refractivity contribution in [2.24, 2.45) is 0 Å². The van der Waals surface area contributed by atoms with Crippen LogP contribution in [0.15, 0.2) is 54.7 Å². The lowest BCUT2D eigenvalue weighted by Gasteiger charge is -2.25. The van der Waals surface area contributed by atoms with Crippen molar-refractivity contribution in [3.8, 4) is 22.6 Å². The number of aromatic amines is 2. The van der Waals surface area contributed by atoms with Gasteiger partial charge in [0.2, 0.25) is 5.82 Å². The third-order valence-corrected chi connectivity index (χ3v) is 4.46. The Morgan fingerprint density at radius 1 is 1.07 bits per heavy atom. The van der Waals surface area contributed by atoms with Gasteiger partial charge in [-0.25, -0.2) is 4.39 Å². The van der Waals surface area contributed by atoms with Crippen LogP contribution < -0.4 is 4.90 Å². The van der Waals surface area contributed by atoms with Gasteiger partial charge in [0.1, 0.15) is 5.82 Å². The summed E-state index contributed by atoms with van der Waals surface area (Å²) < 4.78 is 14.3. The molecule has 0 saturated heterocycles. The molecule has 2 aromatic heterocycles. The Morgan fingerprint density at radius 2 is 2.00 bits per heavy atom. The number of H-pyrrole nitrogens is 2. The lowest BCUT2D eigenvalue weighted by atomic mass is 10.1. The predicted octanol–water partition coefficient (Wildman–Crippen LogP) is 3.81. The molecule has 0 amide bonds. The fraction of sp³-hybridized carbons (Fsp3) is 0.200. The first-order valence-corrected chi connectivity index (χ1v) is 9.11. The number of anilines is 1. The number of halogens is 1. The van der Waals surface area contributed by atoms with E-state index in [4.69, 9.17) is 0 Å². The fourth-order valence-electron chi connectivity index (χ4n) is 3.21. The van der Waals surface area contributed by atoms with Crippen LogP contribution in [0.5, 0.6) is 0 Å². The molecule has 0 saturated carbocycles. The molecule has 0 aliphatic carbocycles. The van der Waals surface area contributed by atoms with Crippen LogP contribution >= 0.6 is 0 Å². The first-order valence-electron chi connectivity index (χ1n) is 9.11. The van der Waals surface area contributed by atoms with Gasteiger partial charge in [-0.05, 0) is 53.1 Å². The normalized spacial score (nSPS) is 10.9. The van der Waals surface area contributed by atoms with Gasteiger partial charge in [0.05, 0.1) is 5.69 Å². The lowest BCUT2D eigenvalue weighted by Crippen LogP contribution is -2.23. The van der Waals surface area contributed by atoms with Crippen LogP contribution in [-0.2, 0) is 6.54 Å². The third kappa shape index (κ3) is 3.90. The fourth-order valence-corrected chi connectivity index (χ4v) is 3.21. The van der Waals surface area contributed by atoms with Crippen LogP contribution in [0.3, 0.4) is 0 Å². The number of nitrogens with zero attached hydrogens (tertiary/aromatic N) is 5. The SMILES string of the molecule is CCCN(Cc1cccc(-c2ccn[nH]2)c1)c1cc(F)cc(-c2nn[nH]n2)c1. The van der Waals surface area contributed by atoms with Crippen molar-refractivity contribution >= 4 is 5.69 Å². The van der Waals surface area contributed by atoms with E-state index in [0.717, 1.165) is 35.5 Å². The van der Waals surface area contributed by atoms with E-state index in [1.807, 2.05) is 24.3 Å². The number of benzene rings is 2. The highest BCUT2D eigenvalue weighted by atomic mass is 19.1. The summed E-state index contributed by atoms with van der Waals surface area (Å²) in [6.07, 6.45) is 2.67. The minimum Gasteiger partial charge on any atom is -0.367 e. The molecule has 0 aliphatic rings. The first kappa shape index (κ1) is 17.8. The van der Waals surface area contributed by atoms with Gasteiger partial charge in [0, 0.05) is 30.5 Å². The lowest BCUT2D eigenvalue weighted by molar-refractivity contribution is 0.626. The Labute approximate surface area is 161 Å². The van der Waals surface area contributed by atoms with Gasteiger partial charge >= 0.3 is 0 Å². The molecule has 0 fully saturated rings. The van der Waals surface area contributed by atoms with E-state index in [9.17, 15) is 4.39 Å². The minimum atomic E-state index is -0.329. The highest BCUT2D eigenvalue weighted by Crippen LogP contribution is 2.26. The maximum Gasteiger partial charge on any atom is 0.204 e. The molecular weight excluding hydrogens is 357 g/mol. The number of nitrogens with one attached hydrogen (secondary N) is 2. The quantitative estimate of drug-likeness (QED) is 0.511. The van der Waals surface area contributed by atoms with Crippen molar-refractivity contribution in [1.82, 2.24) is 30.8 Å². The van der Waals surface area contributed by atoms with Gasteiger partial charge < -0.3 is 4.90 Å². The molecule has 0 bridgehead atoms. The van der Waals surface area contributed by atoms with Crippen molar-refractivity contribution in [3.05, 3.63) is 66.1 Å². The Bertz CT molecular complexity index is 1030. The Hall–Kier alpha value is -3.55. The van der Waals surface area contributed by atoms with Gasteiger partial charge in [-0.15, -0.1) is 10.2 Å². The van der Waals surface area contributed by atoms with Gasteiger partial charge in [0.25, 0.3) is 0 Å². The summed E-state index contributed by atoms with van der Waals surface area (Å²) in [6, 6.07) is 15.0. The highest BCUT2D eigenvalue weighted by Gasteiger charge is 2.13. The molecule has 0 aliphatic heterocycles. The van der Waals surface area contributed by atoms with Crippen molar-refractivity contribution in [1.29, 1.82) is 0 Å². The second-order valence-electron chi connectivity index (χ2n) is 6.53. The van der Waals surface area contributed by atoms with E-state index >= 15 is 0 Å². The topological polar surface area (TPSA) is 86.4 Å². The molecule has 2 aromatic carbocycles. The first-order chi connectivity index (χ1) is 13.7. The van der Waals surface area contributed by atoms with Gasteiger partial charge in [-0.3, -0.25) is 5.10 Å². The van der Waals surface area contributed by atoms with Gasteiger partial charge in [0.15, 0.2) is 0 Å². The number of rotatable bonds is 7. The van der Waals surface area contributed by atoms with Crippen LogP contribution in [0.4, 0.5) is 10.1 Å². The third-order valence-electron chi connectivity index (χ3n) is 4.46. The summed E-state index contributed by atoms with van der Waals surface area (Å²) in [5.74, 6) is 0.0445. The van der Waals surface area contributed by atoms with E-state index in [2.05, 4.69) is 54.8 Å². The second kappa shape index (κ2) is 7.99. The molecule has 4 rings (SSSR count). The zero-order valence-corrected chi connectivity index (χ0v) is 15.4. The summed E-state index contributed by atoms with van der Waals surface area (Å²) in [5, 5.41) is 20.9. The van der Waals surface area contributed by atoms with E-state index in [1.165, 1.54) is 12.1 Å². The Balaban J connectivity index is 1.64. The van der Waals surface area contributed by atoms with Crippen LogP contribution in [0.1, 0.15) is 18.9 Å². The molecule has 0 atom stereocenters. The van der Waals surface area contributed by atoms with Gasteiger partial charge in [-0.2, -0.15) is 10.3 Å². The van der Waals surface area contributed by atoms with Crippen LogP contribution in [0, 0.1) is 5.82 Å². The van der Waals surface area contributed by atoms with Crippen LogP contribution in [-0.4, -0.2) is 37.4 Å². The number of aromatic nitrogens is 6. The summed E-state index contributed by atoms with van der Waals surface area (Å²) >= 11 is 0. The van der Waals surface area contributed by atoms with Crippen molar-refractivity contribution < 1.29 is 4.39 Å². The molecule has 142 valence electrons. The van der Waals surface area contributed by atoms with E-state index in [1.54, 1.807) is 6.20 Å². The zero-order chi connectivity index (χ0) is 19.3. The molecule has 4 aromatic rings. The number of tetrazole rings is 1. The second-order valence-corrected chi connectivity index (χ2v) is 6.53. The highest BCUT2D eigenvalue weighted by molar-refractivity contribution is 5.64. The van der Waals surface area contributed by atoms with Crippen molar-refractivity contribution in [2.45, 2.75) is 19.9 Å². The van der Waals surface area contributed by atoms with Crippen molar-refractivity contribution in [2.75, 3.05) is 11.4 Å². The zero-order valence-electron chi connectivity index (χ0n) is 15.4. The average molecular weight is 377 g/mol. The minimum absolute atomic E-state index is 0.329. The van der Waals surface area contributed by atoms with Crippen LogP contribution in [0.25, 0.3) is 22.6 Å². The molecule has 0 radical (unpaired) electrons. The summed E-state index contributed by atoms with van der Waals surface area (Å²) in [4.78, 5) is 2.15. The van der Waals surface area contributed by atoms with E-state index in [-0.39, 0.29) is 5.82 Å². The number of hydrogen-bond acceptors (Lipinski definition) is 5. The van der Waals surface area contributed by atoms with E-state index in [0.29, 0.717) is 17.9 Å². The standard InChI is InChI=1S/C20H20FN7/c1-2-8-28(13-14-4-3-5-15(9-14)19-6-7-22-23-19)18-11-16(10-17(21)12-18)20-24-26-27-25-20/h3-7,9-12H,2,8,13H2,1H3,(H,22,23)(H,24,25,26,27). The summed E-state index contributed by atoms with van der Waals surface area (Å²) in [6.45, 7) is 3.56. The van der Waals surface area contributed by atoms with E-state index < -0.39 is 0 Å². The molecular formula is C20H20FN7. The molecule has 8 heteroatoms. The largest absolute Gasteiger partial charge is 0.367 e. The van der Waals surface area contributed by atoms with Crippen molar-refractivity contribution in [3.63, 3.8) is 0 Å². The van der Waals surface area contributed by atoms with Crippen LogP contribution in [0.2, 0.25) is 0 Å². The smallest absolute Gasteiger partial charge is 0.204 e. The maximum atomic E-state index is 14.3. The van der Waals surface area contributed by atoms with Gasteiger partial charge in [-0.1, -0.05) is 25.1 Å². The molecule has 2 heterocycles. The number of hydrogen-bond donors (Lipinski definition) is 2. The molecule has 28 heavy (non-hydrogen) atoms. The Morgan fingerprint density at radius 3 is 2.75 bits per heavy atom. The Kier molecular flexibility index (Phi) is 5.09. The molecule has 2 N–H and O–H groups in total. The predicted molar refractivity (Wildman–Crippen MR) is 105 cm³/mol. The average Bonchev–Trinajstić information content (AvgIpc) is 3.41.